The van der Waals surface area contributed by atoms with Crippen molar-refractivity contribution in [3.8, 4) is 0 Å². The highest BCUT2D eigenvalue weighted by Gasteiger charge is 2.42. The highest BCUT2D eigenvalue weighted by molar-refractivity contribution is 6.04. The molecule has 0 bridgehead atoms. The molecule has 1 aliphatic heterocycles. The molecule has 174 valence electrons. The summed E-state index contributed by atoms with van der Waals surface area (Å²) in [6.07, 6.45) is -0.656. The Balaban J connectivity index is 1.61. The van der Waals surface area contributed by atoms with Gasteiger partial charge in [0, 0.05) is 35.8 Å². The van der Waals surface area contributed by atoms with Crippen molar-refractivity contribution in [2.75, 3.05) is 11.9 Å². The monoisotopic (exact) mass is 453 g/mol. The van der Waals surface area contributed by atoms with E-state index in [0.29, 0.717) is 16.8 Å². The Morgan fingerprint density at radius 2 is 1.55 bits per heavy atom. The maximum atomic E-state index is 12.7. The average Bonchev–Trinajstić information content (AvgIpc) is 3.18. The number of anilines is 1. The molecule has 0 spiro atoms. The van der Waals surface area contributed by atoms with E-state index in [2.05, 4.69) is 10.6 Å². The quantitative estimate of drug-likeness (QED) is 0.639. The third-order valence-corrected chi connectivity index (χ3v) is 4.99. The van der Waals surface area contributed by atoms with Crippen LogP contribution < -0.4 is 10.6 Å². The number of likely N-dealkylation sites (tertiary alicyclic amines) is 1. The molecule has 1 saturated heterocycles. The van der Waals surface area contributed by atoms with Crippen LogP contribution in [-0.2, 0) is 9.53 Å². The number of carboxylic acid groups (broad SMARTS) is 1. The maximum absolute atomic E-state index is 12.7. The van der Waals surface area contributed by atoms with Crippen LogP contribution in [0.15, 0.2) is 54.6 Å². The fourth-order valence-corrected chi connectivity index (χ4v) is 3.46. The smallest absolute Gasteiger partial charge is 0.411 e. The van der Waals surface area contributed by atoms with Crippen LogP contribution in [0, 0.1) is 0 Å². The molecule has 2 atom stereocenters. The SMILES string of the molecule is CC(C)(C)OC(=O)N1C[C@@H](NC(=O)c2ccc(NC(=O)c3ccccc3)cc2)C[C@H]1C(=O)O. The molecule has 9 nitrogen and oxygen atoms in total. The molecule has 0 radical (unpaired) electrons. The van der Waals surface area contributed by atoms with Crippen molar-refractivity contribution in [3.05, 3.63) is 65.7 Å². The molecule has 1 aliphatic rings. The number of carbonyl (C=O) groups excluding carboxylic acids is 3. The summed E-state index contributed by atoms with van der Waals surface area (Å²) in [6, 6.07) is 13.5. The lowest BCUT2D eigenvalue weighted by Gasteiger charge is -2.26. The van der Waals surface area contributed by atoms with Gasteiger partial charge in [0.15, 0.2) is 0 Å². The third kappa shape index (κ3) is 6.31. The number of benzene rings is 2. The van der Waals surface area contributed by atoms with Crippen molar-refractivity contribution in [2.24, 2.45) is 0 Å². The first-order valence-electron chi connectivity index (χ1n) is 10.5. The van der Waals surface area contributed by atoms with Crippen molar-refractivity contribution >= 4 is 29.6 Å². The van der Waals surface area contributed by atoms with Crippen LogP contribution in [0.1, 0.15) is 47.9 Å². The Hall–Kier alpha value is -3.88. The van der Waals surface area contributed by atoms with Crippen LogP contribution in [0.25, 0.3) is 0 Å². The van der Waals surface area contributed by atoms with Crippen molar-refractivity contribution in [3.63, 3.8) is 0 Å². The first kappa shape index (κ1) is 23.8. The minimum absolute atomic E-state index is 0.0306. The van der Waals surface area contributed by atoms with Crippen molar-refractivity contribution in [2.45, 2.75) is 44.9 Å². The molecule has 0 aromatic heterocycles. The van der Waals surface area contributed by atoms with Crippen LogP contribution in [-0.4, -0.2) is 58.1 Å². The molecule has 0 aliphatic carbocycles. The summed E-state index contributed by atoms with van der Waals surface area (Å²) in [6.45, 7) is 5.12. The molecule has 9 heteroatoms. The summed E-state index contributed by atoms with van der Waals surface area (Å²) in [5.41, 5.74) is 0.626. The van der Waals surface area contributed by atoms with Crippen LogP contribution in [0.5, 0.6) is 0 Å². The number of rotatable bonds is 5. The Kier molecular flexibility index (Phi) is 7.01. The lowest BCUT2D eigenvalue weighted by atomic mass is 10.1. The van der Waals surface area contributed by atoms with E-state index in [9.17, 15) is 24.3 Å². The van der Waals surface area contributed by atoms with Gasteiger partial charge in [0.05, 0.1) is 0 Å². The first-order valence-corrected chi connectivity index (χ1v) is 10.5. The second-order valence-corrected chi connectivity index (χ2v) is 8.79. The Bertz CT molecular complexity index is 1030. The van der Waals surface area contributed by atoms with Gasteiger partial charge in [0.1, 0.15) is 11.6 Å². The molecule has 1 fully saturated rings. The fourth-order valence-electron chi connectivity index (χ4n) is 3.46. The van der Waals surface area contributed by atoms with Gasteiger partial charge >= 0.3 is 12.1 Å². The first-order chi connectivity index (χ1) is 15.5. The van der Waals surface area contributed by atoms with Crippen molar-refractivity contribution < 1.29 is 29.0 Å². The van der Waals surface area contributed by atoms with E-state index < -0.39 is 35.7 Å². The second kappa shape index (κ2) is 9.72. The van der Waals surface area contributed by atoms with Gasteiger partial charge in [-0.2, -0.15) is 0 Å². The van der Waals surface area contributed by atoms with E-state index in [1.54, 1.807) is 69.3 Å². The average molecular weight is 453 g/mol. The van der Waals surface area contributed by atoms with E-state index in [1.807, 2.05) is 6.07 Å². The highest BCUT2D eigenvalue weighted by Crippen LogP contribution is 2.22. The van der Waals surface area contributed by atoms with Crippen LogP contribution >= 0.6 is 0 Å². The molecular weight excluding hydrogens is 426 g/mol. The second-order valence-electron chi connectivity index (χ2n) is 8.79. The number of hydrogen-bond acceptors (Lipinski definition) is 5. The highest BCUT2D eigenvalue weighted by atomic mass is 16.6. The molecule has 0 unspecified atom stereocenters. The standard InChI is InChI=1S/C24H27N3O6/c1-24(2,3)33-23(32)27-14-18(13-19(27)22(30)31)26-21(29)16-9-11-17(12-10-16)25-20(28)15-7-5-4-6-8-15/h4-12,18-19H,13-14H2,1-3H3,(H,25,28)(H,26,29)(H,30,31)/t18-,19-/m0/s1. The lowest BCUT2D eigenvalue weighted by Crippen LogP contribution is -2.44. The maximum Gasteiger partial charge on any atom is 0.411 e. The zero-order chi connectivity index (χ0) is 24.2. The minimum atomic E-state index is -1.16. The molecule has 2 aromatic carbocycles. The van der Waals surface area contributed by atoms with Gasteiger partial charge in [-0.25, -0.2) is 9.59 Å². The van der Waals surface area contributed by atoms with Gasteiger partial charge in [0.25, 0.3) is 11.8 Å². The predicted octanol–water partition coefficient (Wildman–Crippen LogP) is 3.13. The zero-order valence-corrected chi connectivity index (χ0v) is 18.7. The predicted molar refractivity (Wildman–Crippen MR) is 121 cm³/mol. The molecule has 33 heavy (non-hydrogen) atoms. The summed E-state index contributed by atoms with van der Waals surface area (Å²) < 4.78 is 5.29. The summed E-state index contributed by atoms with van der Waals surface area (Å²) >= 11 is 0. The largest absolute Gasteiger partial charge is 0.480 e. The van der Waals surface area contributed by atoms with Gasteiger partial charge in [-0.05, 0) is 57.2 Å². The molecule has 3 N–H and O–H groups in total. The van der Waals surface area contributed by atoms with E-state index >= 15 is 0 Å². The normalized spacial score (nSPS) is 17.8. The van der Waals surface area contributed by atoms with Crippen LogP contribution in [0.4, 0.5) is 10.5 Å². The van der Waals surface area contributed by atoms with Gasteiger partial charge in [-0.3, -0.25) is 14.5 Å². The van der Waals surface area contributed by atoms with Crippen LogP contribution in [0.2, 0.25) is 0 Å². The third-order valence-electron chi connectivity index (χ3n) is 4.99. The molecule has 0 saturated carbocycles. The number of nitrogens with zero attached hydrogens (tertiary/aromatic N) is 1. The Labute approximate surface area is 191 Å². The topological polar surface area (TPSA) is 125 Å². The molecule has 2 aromatic rings. The summed E-state index contributed by atoms with van der Waals surface area (Å²) in [5.74, 6) is -1.83. The van der Waals surface area contributed by atoms with E-state index in [0.717, 1.165) is 4.90 Å². The van der Waals surface area contributed by atoms with Gasteiger partial charge in [-0.1, -0.05) is 18.2 Å². The number of amides is 3. The van der Waals surface area contributed by atoms with E-state index in [-0.39, 0.29) is 18.9 Å². The van der Waals surface area contributed by atoms with Gasteiger partial charge in [-0.15, -0.1) is 0 Å². The number of aliphatic carboxylic acids is 1. The lowest BCUT2D eigenvalue weighted by molar-refractivity contribution is -0.142. The summed E-state index contributed by atoms with van der Waals surface area (Å²) in [7, 11) is 0. The molecular formula is C24H27N3O6. The molecule has 1 heterocycles. The van der Waals surface area contributed by atoms with E-state index in [1.165, 1.54) is 0 Å². The summed E-state index contributed by atoms with van der Waals surface area (Å²) in [4.78, 5) is 50.0. The van der Waals surface area contributed by atoms with Gasteiger partial charge < -0.3 is 20.5 Å². The number of nitrogens with one attached hydrogen (secondary N) is 2. The van der Waals surface area contributed by atoms with Gasteiger partial charge in [0.2, 0.25) is 0 Å². The summed E-state index contributed by atoms with van der Waals surface area (Å²) in [5, 5.41) is 15.0. The number of carboxylic acids is 1. The number of hydrogen-bond donors (Lipinski definition) is 3. The fraction of sp³-hybridized carbons (Fsp3) is 0.333. The Morgan fingerprint density at radius 1 is 0.939 bits per heavy atom. The number of ether oxygens (including phenoxy) is 1. The van der Waals surface area contributed by atoms with Crippen LogP contribution in [0.3, 0.4) is 0 Å². The molecule has 3 amide bonds. The van der Waals surface area contributed by atoms with E-state index in [4.69, 9.17) is 4.74 Å². The minimum Gasteiger partial charge on any atom is -0.480 e. The molecule has 3 rings (SSSR count). The van der Waals surface area contributed by atoms with Crippen molar-refractivity contribution in [1.29, 1.82) is 0 Å². The van der Waals surface area contributed by atoms with Crippen molar-refractivity contribution in [1.82, 2.24) is 10.2 Å². The number of carbonyl (C=O) groups is 4. The zero-order valence-electron chi connectivity index (χ0n) is 18.7. The Morgan fingerprint density at radius 3 is 2.12 bits per heavy atom.